The van der Waals surface area contributed by atoms with E-state index in [4.69, 9.17) is 9.63 Å². The maximum absolute atomic E-state index is 9.39. The fourth-order valence-electron chi connectivity index (χ4n) is 6.08. The molecule has 0 amide bonds. The number of nitrogens with zero attached hydrogens (tertiary/aromatic N) is 5. The molecular formula is C36H47N5O3. The molecule has 234 valence electrons. The van der Waals surface area contributed by atoms with Crippen LogP contribution in [0.25, 0.3) is 0 Å². The summed E-state index contributed by atoms with van der Waals surface area (Å²) >= 11 is 0. The minimum atomic E-state index is -0.613. The monoisotopic (exact) mass is 597 g/mol. The molecule has 8 heteroatoms. The van der Waals surface area contributed by atoms with E-state index < -0.39 is 6.10 Å². The van der Waals surface area contributed by atoms with Crippen molar-refractivity contribution in [1.29, 1.82) is 0 Å². The van der Waals surface area contributed by atoms with E-state index >= 15 is 0 Å². The molecule has 0 spiro atoms. The summed E-state index contributed by atoms with van der Waals surface area (Å²) in [5, 5.41) is 22.5. The lowest BCUT2D eigenvalue weighted by molar-refractivity contribution is 0.0575. The molecule has 3 aromatic carbocycles. The molecule has 4 aromatic rings. The van der Waals surface area contributed by atoms with Crippen molar-refractivity contribution in [1.82, 2.24) is 19.9 Å². The van der Waals surface area contributed by atoms with Crippen LogP contribution in [0.1, 0.15) is 48.0 Å². The van der Waals surface area contributed by atoms with Crippen LogP contribution in [-0.2, 0) is 12.8 Å². The standard InChI is InChI=1S/C23H27N3O.C13H20N2O2/c1-4-10-19(11-5-1)21(20-12-6-2-7-13-20)18-22-24-23(27-25-22)14-17-26-15-8-3-9-16-26;16-11-13(17)10-14-6-8-15(9-7-14)12-4-2-1-3-5-12/h1-2,4-7,10-13,21H,3,8-9,14-18H2;1-5,13,16-17H,6-11H2. The molecule has 3 heterocycles. The number of hydrogen-bond acceptors (Lipinski definition) is 8. The third-order valence-corrected chi connectivity index (χ3v) is 8.56. The Hall–Kier alpha value is -3.56. The quantitative estimate of drug-likeness (QED) is 0.259. The van der Waals surface area contributed by atoms with Crippen LogP contribution >= 0.6 is 0 Å². The summed E-state index contributed by atoms with van der Waals surface area (Å²) in [5.74, 6) is 1.79. The molecule has 1 aromatic heterocycles. The fourth-order valence-corrected chi connectivity index (χ4v) is 6.08. The number of β-amino-alcohol motifs (C(OH)–C–C–N with tert-alkyl or cyclic N) is 1. The SMILES string of the molecule is OCC(O)CN1CCN(c2ccccc2)CC1.c1ccc(C(Cc2noc(CCN3CCCCC3)n2)c2ccccc2)cc1. The van der Waals surface area contributed by atoms with Crippen LogP contribution in [0.5, 0.6) is 0 Å². The van der Waals surface area contributed by atoms with Crippen LogP contribution in [0.4, 0.5) is 5.69 Å². The predicted molar refractivity (Wildman–Crippen MR) is 175 cm³/mol. The first-order valence-corrected chi connectivity index (χ1v) is 16.1. The number of piperidine rings is 1. The number of hydrogen-bond donors (Lipinski definition) is 2. The molecule has 0 radical (unpaired) electrons. The summed E-state index contributed by atoms with van der Waals surface area (Å²) in [6.07, 6.45) is 4.96. The first-order valence-electron chi connectivity index (χ1n) is 16.1. The average Bonchev–Trinajstić information content (AvgIpc) is 3.56. The van der Waals surface area contributed by atoms with Crippen molar-refractivity contribution in [2.75, 3.05) is 63.9 Å². The number of aliphatic hydroxyl groups is 2. The fraction of sp³-hybridized carbons (Fsp3) is 0.444. The highest BCUT2D eigenvalue weighted by Gasteiger charge is 2.20. The highest BCUT2D eigenvalue weighted by atomic mass is 16.5. The van der Waals surface area contributed by atoms with E-state index in [1.165, 1.54) is 49.2 Å². The minimum Gasteiger partial charge on any atom is -0.394 e. The summed E-state index contributed by atoms with van der Waals surface area (Å²) in [6.45, 7) is 7.65. The van der Waals surface area contributed by atoms with Gasteiger partial charge >= 0.3 is 0 Å². The maximum atomic E-state index is 9.39. The second kappa shape index (κ2) is 17.1. The highest BCUT2D eigenvalue weighted by Crippen LogP contribution is 2.27. The Morgan fingerprint density at radius 1 is 0.705 bits per heavy atom. The number of rotatable bonds is 11. The zero-order valence-electron chi connectivity index (χ0n) is 25.8. The average molecular weight is 598 g/mol. The van der Waals surface area contributed by atoms with Gasteiger partial charge in [0, 0.05) is 63.7 Å². The number of likely N-dealkylation sites (tertiary alicyclic amines) is 1. The van der Waals surface area contributed by atoms with Crippen LogP contribution in [0.15, 0.2) is 95.5 Å². The van der Waals surface area contributed by atoms with E-state index in [0.717, 1.165) is 57.3 Å². The third kappa shape index (κ3) is 9.72. The molecule has 0 aliphatic carbocycles. The van der Waals surface area contributed by atoms with Crippen molar-refractivity contribution in [2.24, 2.45) is 0 Å². The largest absolute Gasteiger partial charge is 0.394 e. The van der Waals surface area contributed by atoms with Gasteiger partial charge in [0.2, 0.25) is 5.89 Å². The van der Waals surface area contributed by atoms with Crippen LogP contribution in [0.3, 0.4) is 0 Å². The molecule has 1 atom stereocenters. The molecule has 0 bridgehead atoms. The Balaban J connectivity index is 0.000000195. The summed E-state index contributed by atoms with van der Waals surface area (Å²) < 4.78 is 5.54. The molecule has 0 saturated carbocycles. The van der Waals surface area contributed by atoms with Gasteiger partial charge in [-0.2, -0.15) is 4.98 Å². The van der Waals surface area contributed by atoms with Gasteiger partial charge < -0.3 is 24.5 Å². The van der Waals surface area contributed by atoms with E-state index in [9.17, 15) is 5.11 Å². The summed E-state index contributed by atoms with van der Waals surface area (Å²) in [4.78, 5) is 11.7. The Kier molecular flexibility index (Phi) is 12.4. The molecular weight excluding hydrogens is 550 g/mol. The molecule has 1 unspecified atom stereocenters. The van der Waals surface area contributed by atoms with Crippen LogP contribution in [0, 0.1) is 0 Å². The van der Waals surface area contributed by atoms with Crippen LogP contribution in [-0.4, -0.2) is 95.2 Å². The lowest BCUT2D eigenvalue weighted by atomic mass is 9.88. The van der Waals surface area contributed by atoms with Gasteiger partial charge in [0.1, 0.15) is 0 Å². The Morgan fingerprint density at radius 2 is 1.30 bits per heavy atom. The summed E-state index contributed by atoms with van der Waals surface area (Å²) in [5.41, 5.74) is 3.82. The number of aliphatic hydroxyl groups excluding tert-OH is 2. The van der Waals surface area contributed by atoms with Gasteiger partial charge in [0.15, 0.2) is 5.82 Å². The van der Waals surface area contributed by atoms with E-state index in [1.807, 2.05) is 6.07 Å². The van der Waals surface area contributed by atoms with Gasteiger partial charge in [0.05, 0.1) is 12.7 Å². The first kappa shape index (κ1) is 31.9. The second-order valence-electron chi connectivity index (χ2n) is 11.8. The Labute approximate surface area is 261 Å². The Morgan fingerprint density at radius 3 is 1.89 bits per heavy atom. The van der Waals surface area contributed by atoms with E-state index in [2.05, 4.69) is 110 Å². The molecule has 6 rings (SSSR count). The van der Waals surface area contributed by atoms with Gasteiger partial charge in [-0.05, 0) is 49.2 Å². The smallest absolute Gasteiger partial charge is 0.227 e. The molecule has 2 aliphatic heterocycles. The van der Waals surface area contributed by atoms with Crippen LogP contribution in [0.2, 0.25) is 0 Å². The number of anilines is 1. The zero-order chi connectivity index (χ0) is 30.4. The zero-order valence-corrected chi connectivity index (χ0v) is 25.8. The van der Waals surface area contributed by atoms with Gasteiger partial charge in [-0.3, -0.25) is 4.90 Å². The summed E-state index contributed by atoms with van der Waals surface area (Å²) in [6, 6.07) is 31.5. The number of para-hydroxylation sites is 1. The lowest BCUT2D eigenvalue weighted by Gasteiger charge is -2.36. The number of benzene rings is 3. The topological polar surface area (TPSA) is 89.1 Å². The Bertz CT molecular complexity index is 1280. The van der Waals surface area contributed by atoms with Gasteiger partial charge in [-0.25, -0.2) is 0 Å². The minimum absolute atomic E-state index is 0.154. The molecule has 2 saturated heterocycles. The lowest BCUT2D eigenvalue weighted by Crippen LogP contribution is -2.49. The second-order valence-corrected chi connectivity index (χ2v) is 11.8. The maximum Gasteiger partial charge on any atom is 0.227 e. The van der Waals surface area contributed by atoms with Crippen molar-refractivity contribution in [3.63, 3.8) is 0 Å². The van der Waals surface area contributed by atoms with Crippen LogP contribution < -0.4 is 4.90 Å². The molecule has 2 N–H and O–H groups in total. The number of aromatic nitrogens is 2. The predicted octanol–water partition coefficient (Wildman–Crippen LogP) is 4.63. The first-order chi connectivity index (χ1) is 21.7. The molecule has 44 heavy (non-hydrogen) atoms. The molecule has 8 nitrogen and oxygen atoms in total. The van der Waals surface area contributed by atoms with Gasteiger partial charge in [0.25, 0.3) is 0 Å². The third-order valence-electron chi connectivity index (χ3n) is 8.56. The van der Waals surface area contributed by atoms with Crippen molar-refractivity contribution >= 4 is 5.69 Å². The van der Waals surface area contributed by atoms with E-state index in [0.29, 0.717) is 6.54 Å². The highest BCUT2D eigenvalue weighted by molar-refractivity contribution is 5.46. The summed E-state index contributed by atoms with van der Waals surface area (Å²) in [7, 11) is 0. The van der Waals surface area contributed by atoms with Crippen molar-refractivity contribution < 1.29 is 14.7 Å². The van der Waals surface area contributed by atoms with Crippen molar-refractivity contribution in [3.8, 4) is 0 Å². The van der Waals surface area contributed by atoms with Crippen molar-refractivity contribution in [3.05, 3.63) is 114 Å². The molecule has 2 fully saturated rings. The number of piperazine rings is 1. The van der Waals surface area contributed by atoms with Gasteiger partial charge in [-0.1, -0.05) is 90.4 Å². The van der Waals surface area contributed by atoms with E-state index in [-0.39, 0.29) is 12.5 Å². The van der Waals surface area contributed by atoms with Crippen molar-refractivity contribution in [2.45, 2.75) is 44.1 Å². The van der Waals surface area contributed by atoms with E-state index in [1.54, 1.807) is 0 Å². The molecule has 2 aliphatic rings. The van der Waals surface area contributed by atoms with Gasteiger partial charge in [-0.15, -0.1) is 0 Å². The normalized spacial score (nSPS) is 16.8.